The summed E-state index contributed by atoms with van der Waals surface area (Å²) in [5.41, 5.74) is 2.17. The van der Waals surface area contributed by atoms with Crippen molar-refractivity contribution in [2.24, 2.45) is 5.92 Å². The maximum absolute atomic E-state index is 13.2. The molecule has 6 nitrogen and oxygen atoms in total. The van der Waals surface area contributed by atoms with Crippen LogP contribution in [0.1, 0.15) is 45.1 Å². The zero-order chi connectivity index (χ0) is 22.8. The summed E-state index contributed by atoms with van der Waals surface area (Å²) in [6.45, 7) is 17.9. The topological polar surface area (TPSA) is 68.3 Å². The van der Waals surface area contributed by atoms with E-state index in [1.807, 2.05) is 49.7 Å². The van der Waals surface area contributed by atoms with Crippen LogP contribution in [0.5, 0.6) is 0 Å². The molecule has 2 heterocycles. The molecule has 0 amide bonds. The first-order chi connectivity index (χ1) is 14.5. The lowest BCUT2D eigenvalue weighted by Gasteiger charge is -2.20. The Hall–Kier alpha value is -2.47. The lowest BCUT2D eigenvalue weighted by Crippen LogP contribution is -2.40. The minimum Gasteiger partial charge on any atom is -0.334 e. The molecular weight excluding hydrogens is 428 g/mol. The molecule has 0 spiro atoms. The Balaban J connectivity index is 2.08. The van der Waals surface area contributed by atoms with Crippen LogP contribution in [0.3, 0.4) is 0 Å². The lowest BCUT2D eigenvalue weighted by molar-refractivity contribution is 0.493. The summed E-state index contributed by atoms with van der Waals surface area (Å²) in [4.78, 5) is 8.76. The average molecular weight is 457 g/mol. The minimum atomic E-state index is -3.70. The van der Waals surface area contributed by atoms with Gasteiger partial charge in [0.25, 0.3) is 10.0 Å². The van der Waals surface area contributed by atoms with Crippen molar-refractivity contribution in [1.29, 1.82) is 0 Å². The van der Waals surface area contributed by atoms with Crippen molar-refractivity contribution in [3.8, 4) is 11.1 Å². The van der Waals surface area contributed by atoms with Gasteiger partial charge in [-0.05, 0) is 56.4 Å². The smallest absolute Gasteiger partial charge is 0.251 e. The highest BCUT2D eigenvalue weighted by atomic mass is 32.2. The van der Waals surface area contributed by atoms with E-state index >= 15 is 0 Å². The van der Waals surface area contributed by atoms with Crippen LogP contribution >= 0.6 is 11.3 Å². The highest BCUT2D eigenvalue weighted by molar-refractivity contribution is 7.91. The Kier molecular flexibility index (Phi) is 6.70. The van der Waals surface area contributed by atoms with Crippen molar-refractivity contribution >= 4 is 27.0 Å². The van der Waals surface area contributed by atoms with Gasteiger partial charge in [-0.3, -0.25) is 0 Å². The number of rotatable bonds is 7. The van der Waals surface area contributed by atoms with Crippen molar-refractivity contribution in [2.45, 2.75) is 57.3 Å². The second-order valence-corrected chi connectivity index (χ2v) is 12.1. The van der Waals surface area contributed by atoms with Crippen LogP contribution in [-0.2, 0) is 23.0 Å². The second-order valence-electron chi connectivity index (χ2n) is 9.06. The zero-order valence-corrected chi connectivity index (χ0v) is 20.1. The van der Waals surface area contributed by atoms with Gasteiger partial charge < -0.3 is 4.57 Å². The molecule has 2 aromatic heterocycles. The van der Waals surface area contributed by atoms with Gasteiger partial charge in [0.15, 0.2) is 5.69 Å². The minimum absolute atomic E-state index is 0.302. The number of thiophene rings is 1. The quantitative estimate of drug-likeness (QED) is 0.478. The molecule has 1 N–H and O–H groups in total. The number of nitrogens with zero attached hydrogens (tertiary/aromatic N) is 3. The standard InChI is InChI=1S/C23H28N4O2S2/c1-16(2)11-19-13-20(22(30-19)31(28,29)26-23(3,4)5)17-7-8-18(21(12-17)24-6)14-27-10-9-25-15-27/h7-10,12-13,15-16,26H,11,14H2,1-5H3. The Morgan fingerprint density at radius 1 is 1.26 bits per heavy atom. The summed E-state index contributed by atoms with van der Waals surface area (Å²) >= 11 is 1.31. The third kappa shape index (κ3) is 5.82. The molecule has 1 aromatic carbocycles. The Morgan fingerprint density at radius 2 is 2.00 bits per heavy atom. The van der Waals surface area contributed by atoms with E-state index in [0.29, 0.717) is 27.9 Å². The number of imidazole rings is 1. The van der Waals surface area contributed by atoms with E-state index in [9.17, 15) is 8.42 Å². The molecule has 0 aliphatic heterocycles. The molecule has 0 aliphatic carbocycles. The fourth-order valence-corrected chi connectivity index (χ4v) is 6.69. The van der Waals surface area contributed by atoms with Crippen molar-refractivity contribution in [2.75, 3.05) is 0 Å². The van der Waals surface area contributed by atoms with Gasteiger partial charge in [-0.25, -0.2) is 23.0 Å². The maximum atomic E-state index is 13.2. The van der Waals surface area contributed by atoms with E-state index < -0.39 is 15.6 Å². The number of benzene rings is 1. The molecule has 31 heavy (non-hydrogen) atoms. The van der Waals surface area contributed by atoms with Crippen molar-refractivity contribution in [3.63, 3.8) is 0 Å². The molecule has 0 bridgehead atoms. The van der Waals surface area contributed by atoms with Gasteiger partial charge in [0, 0.05) is 34.9 Å². The van der Waals surface area contributed by atoms with Gasteiger partial charge in [-0.1, -0.05) is 26.0 Å². The molecule has 0 unspecified atom stereocenters. The van der Waals surface area contributed by atoms with Crippen LogP contribution in [0.15, 0.2) is 47.2 Å². The van der Waals surface area contributed by atoms with Crippen LogP contribution < -0.4 is 4.72 Å². The third-order valence-corrected chi connectivity index (χ3v) is 7.92. The van der Waals surface area contributed by atoms with Crippen molar-refractivity contribution in [3.05, 3.63) is 64.8 Å². The van der Waals surface area contributed by atoms with Gasteiger partial charge in [0.1, 0.15) is 4.21 Å². The Labute approximate surface area is 188 Å². The number of nitrogens with one attached hydrogen (secondary N) is 1. The first-order valence-corrected chi connectivity index (χ1v) is 12.4. The molecule has 0 saturated heterocycles. The number of hydrogen-bond acceptors (Lipinski definition) is 4. The van der Waals surface area contributed by atoms with Crippen LogP contribution in [0.25, 0.3) is 16.0 Å². The Bertz CT molecular complexity index is 1200. The predicted octanol–water partition coefficient (Wildman–Crippen LogP) is 5.49. The van der Waals surface area contributed by atoms with E-state index in [4.69, 9.17) is 6.57 Å². The molecule has 0 fully saturated rings. The van der Waals surface area contributed by atoms with Gasteiger partial charge in [-0.2, -0.15) is 0 Å². The first kappa shape index (κ1) is 23.2. The molecule has 3 rings (SSSR count). The predicted molar refractivity (Wildman–Crippen MR) is 126 cm³/mol. The highest BCUT2D eigenvalue weighted by Gasteiger charge is 2.28. The normalized spacial score (nSPS) is 12.3. The number of aromatic nitrogens is 2. The third-order valence-electron chi connectivity index (χ3n) is 4.47. The summed E-state index contributed by atoms with van der Waals surface area (Å²) in [5.74, 6) is 0.411. The zero-order valence-electron chi connectivity index (χ0n) is 18.5. The van der Waals surface area contributed by atoms with E-state index in [1.165, 1.54) is 11.3 Å². The largest absolute Gasteiger partial charge is 0.334 e. The number of sulfonamides is 1. The van der Waals surface area contributed by atoms with Crippen LogP contribution in [0.4, 0.5) is 5.69 Å². The van der Waals surface area contributed by atoms with Crippen molar-refractivity contribution in [1.82, 2.24) is 14.3 Å². The van der Waals surface area contributed by atoms with Crippen LogP contribution in [0.2, 0.25) is 0 Å². The van der Waals surface area contributed by atoms with E-state index in [2.05, 4.69) is 28.4 Å². The molecule has 0 aliphatic rings. The molecule has 0 atom stereocenters. The molecule has 8 heteroatoms. The fourth-order valence-electron chi connectivity index (χ4n) is 3.32. The van der Waals surface area contributed by atoms with Crippen LogP contribution in [-0.4, -0.2) is 23.5 Å². The fraction of sp³-hybridized carbons (Fsp3) is 0.391. The summed E-state index contributed by atoms with van der Waals surface area (Å²) in [6, 6.07) is 7.55. The highest BCUT2D eigenvalue weighted by Crippen LogP contribution is 2.38. The second kappa shape index (κ2) is 8.95. The Morgan fingerprint density at radius 3 is 2.58 bits per heavy atom. The van der Waals surface area contributed by atoms with Gasteiger partial charge in [0.05, 0.1) is 12.9 Å². The molecule has 164 valence electrons. The van der Waals surface area contributed by atoms with Gasteiger partial charge in [-0.15, -0.1) is 11.3 Å². The first-order valence-electron chi connectivity index (χ1n) is 10.1. The lowest BCUT2D eigenvalue weighted by atomic mass is 10.0. The molecule has 0 saturated carbocycles. The average Bonchev–Trinajstić information content (AvgIpc) is 3.30. The van der Waals surface area contributed by atoms with Crippen molar-refractivity contribution < 1.29 is 8.42 Å². The van der Waals surface area contributed by atoms with E-state index in [1.54, 1.807) is 18.6 Å². The van der Waals surface area contributed by atoms with Gasteiger partial charge >= 0.3 is 0 Å². The van der Waals surface area contributed by atoms with E-state index in [0.717, 1.165) is 22.4 Å². The summed E-state index contributed by atoms with van der Waals surface area (Å²) in [5, 5.41) is 0. The summed E-state index contributed by atoms with van der Waals surface area (Å²) in [7, 11) is -3.70. The summed E-state index contributed by atoms with van der Waals surface area (Å²) in [6.07, 6.45) is 6.06. The molecule has 3 aromatic rings. The SMILES string of the molecule is [C-]#[N+]c1cc(-c2cc(CC(C)C)sc2S(=O)(=O)NC(C)(C)C)ccc1Cn1ccnc1. The monoisotopic (exact) mass is 456 g/mol. The summed E-state index contributed by atoms with van der Waals surface area (Å²) < 4.78 is 31.4. The van der Waals surface area contributed by atoms with E-state index in [-0.39, 0.29) is 0 Å². The number of hydrogen-bond donors (Lipinski definition) is 1. The molecular formula is C23H28N4O2S2. The van der Waals surface area contributed by atoms with Crippen LogP contribution in [0, 0.1) is 12.5 Å². The molecule has 0 radical (unpaired) electrons. The van der Waals surface area contributed by atoms with Gasteiger partial charge in [0.2, 0.25) is 0 Å². The maximum Gasteiger partial charge on any atom is 0.251 e.